The quantitative estimate of drug-likeness (QED) is 0.849. The first kappa shape index (κ1) is 12.2. The largest absolute Gasteiger partial charge is 0.379 e. The molecule has 0 saturated heterocycles. The van der Waals surface area contributed by atoms with Crippen molar-refractivity contribution in [1.82, 2.24) is 0 Å². The van der Waals surface area contributed by atoms with Gasteiger partial charge in [0, 0.05) is 11.6 Å². The third kappa shape index (κ3) is 2.90. The average molecular weight is 270 g/mol. The molecule has 0 heterocycles. The predicted octanol–water partition coefficient (Wildman–Crippen LogP) is 4.74. The lowest BCUT2D eigenvalue weighted by atomic mass is 10.2. The summed E-state index contributed by atoms with van der Waals surface area (Å²) in [5.41, 5.74) is 1.28. The van der Waals surface area contributed by atoms with Crippen LogP contribution in [0.15, 0.2) is 42.5 Å². The summed E-state index contributed by atoms with van der Waals surface area (Å²) >= 11 is 11.7. The fourth-order valence-corrected chi connectivity index (χ4v) is 1.85. The fraction of sp³-hybridized carbons (Fsp3) is 0.0769. The van der Waals surface area contributed by atoms with Gasteiger partial charge in [-0.25, -0.2) is 4.39 Å². The molecule has 0 fully saturated rings. The first-order chi connectivity index (χ1) is 8.18. The van der Waals surface area contributed by atoms with Gasteiger partial charge < -0.3 is 5.32 Å². The lowest BCUT2D eigenvalue weighted by Crippen LogP contribution is -2.02. The molecule has 4 heteroatoms. The van der Waals surface area contributed by atoms with Gasteiger partial charge in [-0.1, -0.05) is 47.5 Å². The van der Waals surface area contributed by atoms with E-state index in [4.69, 9.17) is 23.2 Å². The number of rotatable bonds is 3. The van der Waals surface area contributed by atoms with Crippen molar-refractivity contribution in [3.63, 3.8) is 0 Å². The molecular formula is C13H10Cl2FN. The lowest BCUT2D eigenvalue weighted by molar-refractivity contribution is 0.630. The fourth-order valence-electron chi connectivity index (χ4n) is 1.47. The molecule has 0 bridgehead atoms. The molecule has 0 radical (unpaired) electrons. The van der Waals surface area contributed by atoms with E-state index < -0.39 is 5.82 Å². The molecule has 0 aromatic heterocycles. The van der Waals surface area contributed by atoms with Gasteiger partial charge in [-0.2, -0.15) is 0 Å². The molecule has 0 saturated carbocycles. The number of halogens is 3. The van der Waals surface area contributed by atoms with E-state index in [1.807, 2.05) is 18.2 Å². The van der Waals surface area contributed by atoms with Crippen molar-refractivity contribution in [2.45, 2.75) is 6.54 Å². The zero-order chi connectivity index (χ0) is 12.3. The second-order valence-corrected chi connectivity index (χ2v) is 4.36. The van der Waals surface area contributed by atoms with Crippen molar-refractivity contribution < 1.29 is 4.39 Å². The Morgan fingerprint density at radius 3 is 2.41 bits per heavy atom. The maximum Gasteiger partial charge on any atom is 0.164 e. The SMILES string of the molecule is Fc1c(Cl)cccc1NCc1ccccc1Cl. The zero-order valence-electron chi connectivity index (χ0n) is 8.88. The van der Waals surface area contributed by atoms with Gasteiger partial charge in [0.1, 0.15) is 0 Å². The normalized spacial score (nSPS) is 10.3. The van der Waals surface area contributed by atoms with Crippen LogP contribution in [0.1, 0.15) is 5.56 Å². The molecule has 0 atom stereocenters. The summed E-state index contributed by atoms with van der Waals surface area (Å²) in [6.45, 7) is 0.455. The highest BCUT2D eigenvalue weighted by Gasteiger charge is 2.06. The Morgan fingerprint density at radius 2 is 1.65 bits per heavy atom. The van der Waals surface area contributed by atoms with E-state index in [0.717, 1.165) is 5.56 Å². The monoisotopic (exact) mass is 269 g/mol. The molecule has 2 aromatic carbocycles. The standard InChI is InChI=1S/C13H10Cl2FN/c14-10-5-2-1-4-9(10)8-17-12-7-3-6-11(15)13(12)16/h1-7,17H,8H2. The van der Waals surface area contributed by atoms with Crippen molar-refractivity contribution >= 4 is 28.9 Å². The minimum atomic E-state index is -0.443. The maximum absolute atomic E-state index is 13.6. The molecule has 2 aromatic rings. The Kier molecular flexibility index (Phi) is 3.87. The molecule has 0 aliphatic carbocycles. The molecule has 1 nitrogen and oxygen atoms in total. The number of nitrogens with one attached hydrogen (secondary N) is 1. The average Bonchev–Trinajstić information content (AvgIpc) is 2.33. The van der Waals surface area contributed by atoms with Crippen LogP contribution in [0.4, 0.5) is 10.1 Å². The van der Waals surface area contributed by atoms with E-state index in [0.29, 0.717) is 17.3 Å². The maximum atomic E-state index is 13.6. The molecule has 0 unspecified atom stereocenters. The molecular weight excluding hydrogens is 260 g/mol. The summed E-state index contributed by atoms with van der Waals surface area (Å²) in [5.74, 6) is -0.443. The molecule has 0 amide bonds. The van der Waals surface area contributed by atoms with Crippen LogP contribution in [0.3, 0.4) is 0 Å². The van der Waals surface area contributed by atoms with Gasteiger partial charge in [0.2, 0.25) is 0 Å². The molecule has 2 rings (SSSR count). The van der Waals surface area contributed by atoms with Crippen molar-refractivity contribution in [2.75, 3.05) is 5.32 Å². The van der Waals surface area contributed by atoms with Crippen molar-refractivity contribution in [3.8, 4) is 0 Å². The predicted molar refractivity (Wildman–Crippen MR) is 70.2 cm³/mol. The highest BCUT2D eigenvalue weighted by atomic mass is 35.5. The van der Waals surface area contributed by atoms with Crippen LogP contribution >= 0.6 is 23.2 Å². The molecule has 17 heavy (non-hydrogen) atoms. The summed E-state index contributed by atoms with van der Waals surface area (Å²) in [7, 11) is 0. The van der Waals surface area contributed by atoms with Crippen LogP contribution in [0.25, 0.3) is 0 Å². The number of hydrogen-bond acceptors (Lipinski definition) is 1. The summed E-state index contributed by atoms with van der Waals surface area (Å²) in [6, 6.07) is 12.3. The van der Waals surface area contributed by atoms with Crippen molar-refractivity contribution in [3.05, 3.63) is 63.9 Å². The lowest BCUT2D eigenvalue weighted by Gasteiger charge is -2.09. The highest BCUT2D eigenvalue weighted by Crippen LogP contribution is 2.23. The Labute approximate surface area is 109 Å². The van der Waals surface area contributed by atoms with Crippen molar-refractivity contribution in [1.29, 1.82) is 0 Å². The molecule has 0 spiro atoms. The van der Waals surface area contributed by atoms with E-state index in [-0.39, 0.29) is 5.02 Å². The Bertz CT molecular complexity index is 529. The van der Waals surface area contributed by atoms with E-state index in [1.165, 1.54) is 6.07 Å². The molecule has 1 N–H and O–H groups in total. The van der Waals surface area contributed by atoms with E-state index in [2.05, 4.69) is 5.32 Å². The number of hydrogen-bond donors (Lipinski definition) is 1. The smallest absolute Gasteiger partial charge is 0.164 e. The van der Waals surface area contributed by atoms with E-state index in [9.17, 15) is 4.39 Å². The topological polar surface area (TPSA) is 12.0 Å². The van der Waals surface area contributed by atoms with Gasteiger partial charge in [0.05, 0.1) is 10.7 Å². The Balaban J connectivity index is 2.13. The Hall–Kier alpha value is -1.25. The van der Waals surface area contributed by atoms with Crippen LogP contribution in [-0.4, -0.2) is 0 Å². The Morgan fingerprint density at radius 1 is 0.941 bits per heavy atom. The molecule has 88 valence electrons. The minimum Gasteiger partial charge on any atom is -0.379 e. The van der Waals surface area contributed by atoms with Gasteiger partial charge in [-0.3, -0.25) is 0 Å². The van der Waals surface area contributed by atoms with E-state index in [1.54, 1.807) is 18.2 Å². The minimum absolute atomic E-state index is 0.106. The van der Waals surface area contributed by atoms with Crippen LogP contribution in [0.2, 0.25) is 10.0 Å². The van der Waals surface area contributed by atoms with Gasteiger partial charge in [-0.05, 0) is 23.8 Å². The number of benzene rings is 2. The molecule has 0 aliphatic heterocycles. The van der Waals surface area contributed by atoms with Crippen LogP contribution in [0.5, 0.6) is 0 Å². The van der Waals surface area contributed by atoms with Gasteiger partial charge in [0.15, 0.2) is 5.82 Å². The first-order valence-corrected chi connectivity index (χ1v) is 5.85. The molecule has 0 aliphatic rings. The summed E-state index contributed by atoms with van der Waals surface area (Å²) in [5, 5.41) is 3.73. The highest BCUT2D eigenvalue weighted by molar-refractivity contribution is 6.31. The van der Waals surface area contributed by atoms with E-state index >= 15 is 0 Å². The first-order valence-electron chi connectivity index (χ1n) is 5.10. The third-order valence-electron chi connectivity index (χ3n) is 2.38. The van der Waals surface area contributed by atoms with Gasteiger partial charge in [0.25, 0.3) is 0 Å². The van der Waals surface area contributed by atoms with Crippen LogP contribution in [0, 0.1) is 5.82 Å². The summed E-state index contributed by atoms with van der Waals surface area (Å²) in [6.07, 6.45) is 0. The van der Waals surface area contributed by atoms with Gasteiger partial charge >= 0.3 is 0 Å². The summed E-state index contributed by atoms with van der Waals surface area (Å²) in [4.78, 5) is 0. The summed E-state index contributed by atoms with van der Waals surface area (Å²) < 4.78 is 13.6. The van der Waals surface area contributed by atoms with Crippen LogP contribution in [-0.2, 0) is 6.54 Å². The van der Waals surface area contributed by atoms with Crippen LogP contribution < -0.4 is 5.32 Å². The second kappa shape index (κ2) is 5.39. The van der Waals surface area contributed by atoms with Gasteiger partial charge in [-0.15, -0.1) is 0 Å². The number of anilines is 1. The zero-order valence-corrected chi connectivity index (χ0v) is 10.4. The second-order valence-electron chi connectivity index (χ2n) is 3.55. The van der Waals surface area contributed by atoms with Crippen molar-refractivity contribution in [2.24, 2.45) is 0 Å². The third-order valence-corrected chi connectivity index (χ3v) is 3.04.